The number of likely N-dealkylation sites (N-methyl/N-ethyl adjacent to an activating group) is 1. The summed E-state index contributed by atoms with van der Waals surface area (Å²) < 4.78 is 35.8. The number of furan rings is 1. The predicted octanol–water partition coefficient (Wildman–Crippen LogP) is -0.186. The molecule has 0 amide bonds. The van der Waals surface area contributed by atoms with Crippen LogP contribution in [0.2, 0.25) is 0 Å². The quantitative estimate of drug-likeness (QED) is 0.794. The van der Waals surface area contributed by atoms with Crippen LogP contribution in [0, 0.1) is 0 Å². The Bertz CT molecular complexity index is 753. The highest BCUT2D eigenvalue weighted by Gasteiger charge is 2.26. The molecule has 1 aliphatic heterocycles. The maximum atomic E-state index is 11.7. The van der Waals surface area contributed by atoms with Gasteiger partial charge in [0.1, 0.15) is 6.26 Å². The lowest BCUT2D eigenvalue weighted by Gasteiger charge is -2.30. The molecule has 0 aromatic carbocycles. The van der Waals surface area contributed by atoms with Crippen molar-refractivity contribution in [3.8, 4) is 11.5 Å². The number of sulfonamides is 1. The minimum Gasteiger partial charge on any atom is -0.451 e. The monoisotopic (exact) mass is 327 g/mol. The number of nitrogens with zero attached hydrogens (tertiary/aromatic N) is 3. The summed E-state index contributed by atoms with van der Waals surface area (Å²) in [6, 6.07) is 1.38. The van der Waals surface area contributed by atoms with Gasteiger partial charge in [0, 0.05) is 25.7 Å². The van der Waals surface area contributed by atoms with E-state index in [1.807, 2.05) is 7.05 Å². The third-order valence-corrected chi connectivity index (χ3v) is 4.89. The normalized spacial score (nSPS) is 20.4. The topological polar surface area (TPSA) is 114 Å². The van der Waals surface area contributed by atoms with Crippen molar-refractivity contribution in [3.63, 3.8) is 0 Å². The van der Waals surface area contributed by atoms with Gasteiger partial charge in [0.05, 0.1) is 11.6 Å². The molecule has 1 saturated heterocycles. The average Bonchev–Trinajstić information content (AvgIpc) is 3.17. The van der Waals surface area contributed by atoms with E-state index >= 15 is 0 Å². The average molecular weight is 327 g/mol. The molecule has 2 aromatic rings. The first-order valence-electron chi connectivity index (χ1n) is 6.78. The third kappa shape index (κ3) is 2.77. The number of hydrogen-bond donors (Lipinski definition) is 2. The predicted molar refractivity (Wildman–Crippen MR) is 76.5 cm³/mol. The van der Waals surface area contributed by atoms with Crippen LogP contribution in [0.3, 0.4) is 0 Å². The number of hydrogen-bond acceptors (Lipinski definition) is 8. The molecule has 2 N–H and O–H groups in total. The van der Waals surface area contributed by atoms with Crippen LogP contribution < -0.4 is 10.0 Å². The summed E-state index contributed by atoms with van der Waals surface area (Å²) in [5.41, 5.74) is 0.430. The lowest BCUT2D eigenvalue weighted by molar-refractivity contribution is 0.190. The van der Waals surface area contributed by atoms with Gasteiger partial charge in [0.25, 0.3) is 15.9 Å². The first kappa shape index (κ1) is 15.2. The molecular formula is C12H17N5O4S. The van der Waals surface area contributed by atoms with Gasteiger partial charge in [-0.2, -0.15) is 4.98 Å². The van der Waals surface area contributed by atoms with Crippen LogP contribution in [0.15, 0.2) is 26.4 Å². The molecule has 0 spiro atoms. The maximum Gasteiger partial charge on any atom is 0.273 e. The molecule has 120 valence electrons. The van der Waals surface area contributed by atoms with Crippen LogP contribution in [0.5, 0.6) is 0 Å². The van der Waals surface area contributed by atoms with E-state index in [0.717, 1.165) is 19.6 Å². The zero-order valence-corrected chi connectivity index (χ0v) is 13.1. The second-order valence-corrected chi connectivity index (χ2v) is 6.84. The van der Waals surface area contributed by atoms with E-state index in [1.54, 1.807) is 0 Å². The van der Waals surface area contributed by atoms with Crippen molar-refractivity contribution in [2.75, 3.05) is 33.7 Å². The molecule has 1 fully saturated rings. The van der Waals surface area contributed by atoms with Crippen molar-refractivity contribution in [1.29, 1.82) is 0 Å². The van der Waals surface area contributed by atoms with E-state index in [2.05, 4.69) is 25.1 Å². The second kappa shape index (κ2) is 5.80. The van der Waals surface area contributed by atoms with E-state index in [1.165, 1.54) is 19.4 Å². The molecule has 1 unspecified atom stereocenters. The van der Waals surface area contributed by atoms with Crippen molar-refractivity contribution < 1.29 is 17.4 Å². The standard InChI is InChI=1S/C12H17N5O4S/c1-13-22(18,19)10-5-8(7-20-10)12-15-11(16-21-12)9-6-14-3-4-17(9)2/h5,7,9,13-14H,3-4,6H2,1-2H3. The number of rotatable bonds is 4. The summed E-state index contributed by atoms with van der Waals surface area (Å²) >= 11 is 0. The molecule has 0 bridgehead atoms. The zero-order chi connectivity index (χ0) is 15.7. The molecule has 3 heterocycles. The van der Waals surface area contributed by atoms with Gasteiger partial charge in [-0.1, -0.05) is 5.16 Å². The highest BCUT2D eigenvalue weighted by Crippen LogP contribution is 2.25. The Morgan fingerprint density at radius 1 is 1.50 bits per heavy atom. The SMILES string of the molecule is CNS(=O)(=O)c1cc(-c2nc(C3CNCCN3C)no2)co1. The second-order valence-electron chi connectivity index (χ2n) is 5.02. The van der Waals surface area contributed by atoms with E-state index in [0.29, 0.717) is 11.4 Å². The first-order valence-corrected chi connectivity index (χ1v) is 8.26. The maximum absolute atomic E-state index is 11.7. The Morgan fingerprint density at radius 3 is 3.05 bits per heavy atom. The van der Waals surface area contributed by atoms with Gasteiger partial charge in [-0.15, -0.1) is 0 Å². The van der Waals surface area contributed by atoms with Gasteiger partial charge in [-0.3, -0.25) is 4.90 Å². The van der Waals surface area contributed by atoms with Crippen LogP contribution in [0.4, 0.5) is 0 Å². The number of aromatic nitrogens is 2. The fourth-order valence-corrected chi connectivity index (χ4v) is 2.91. The van der Waals surface area contributed by atoms with Crippen LogP contribution in [0.25, 0.3) is 11.5 Å². The van der Waals surface area contributed by atoms with Crippen molar-refractivity contribution in [3.05, 3.63) is 18.2 Å². The highest BCUT2D eigenvalue weighted by molar-refractivity contribution is 7.89. The van der Waals surface area contributed by atoms with Gasteiger partial charge >= 0.3 is 0 Å². The van der Waals surface area contributed by atoms with Gasteiger partial charge in [0.15, 0.2) is 5.82 Å². The smallest absolute Gasteiger partial charge is 0.273 e. The largest absolute Gasteiger partial charge is 0.451 e. The first-order chi connectivity index (χ1) is 10.5. The van der Waals surface area contributed by atoms with Gasteiger partial charge in [-0.25, -0.2) is 13.1 Å². The number of nitrogens with one attached hydrogen (secondary N) is 2. The molecule has 22 heavy (non-hydrogen) atoms. The van der Waals surface area contributed by atoms with Gasteiger partial charge in [-0.05, 0) is 14.1 Å². The van der Waals surface area contributed by atoms with Gasteiger partial charge < -0.3 is 14.3 Å². The fraction of sp³-hybridized carbons (Fsp3) is 0.500. The van der Waals surface area contributed by atoms with Crippen LogP contribution in [0.1, 0.15) is 11.9 Å². The van der Waals surface area contributed by atoms with Gasteiger partial charge in [0.2, 0.25) is 5.09 Å². The Balaban J connectivity index is 1.85. The van der Waals surface area contributed by atoms with Crippen molar-refractivity contribution >= 4 is 10.0 Å². The third-order valence-electron chi connectivity index (χ3n) is 3.61. The lowest BCUT2D eigenvalue weighted by Crippen LogP contribution is -2.44. The molecule has 3 rings (SSSR count). The Morgan fingerprint density at radius 2 is 2.32 bits per heavy atom. The summed E-state index contributed by atoms with van der Waals surface area (Å²) in [5.74, 6) is 0.791. The van der Waals surface area contributed by atoms with E-state index in [4.69, 9.17) is 8.94 Å². The summed E-state index contributed by atoms with van der Waals surface area (Å²) in [4.78, 5) is 6.48. The van der Waals surface area contributed by atoms with Crippen LogP contribution in [-0.4, -0.2) is 57.2 Å². The Labute approximate surface area is 127 Å². The van der Waals surface area contributed by atoms with E-state index < -0.39 is 10.0 Å². The van der Waals surface area contributed by atoms with Crippen molar-refractivity contribution in [2.45, 2.75) is 11.1 Å². The molecule has 0 saturated carbocycles. The number of piperazine rings is 1. The molecule has 0 aliphatic carbocycles. The summed E-state index contributed by atoms with van der Waals surface area (Å²) in [7, 11) is -0.322. The molecule has 0 radical (unpaired) electrons. The molecule has 9 nitrogen and oxygen atoms in total. The summed E-state index contributed by atoms with van der Waals surface area (Å²) in [5, 5.41) is 7.07. The molecule has 1 atom stereocenters. The summed E-state index contributed by atoms with van der Waals surface area (Å²) in [6.45, 7) is 2.55. The Kier molecular flexibility index (Phi) is 4.00. The summed E-state index contributed by atoms with van der Waals surface area (Å²) in [6.07, 6.45) is 1.28. The van der Waals surface area contributed by atoms with Crippen LogP contribution >= 0.6 is 0 Å². The fourth-order valence-electron chi connectivity index (χ4n) is 2.25. The minimum absolute atomic E-state index is 0.0265. The molecular weight excluding hydrogens is 310 g/mol. The minimum atomic E-state index is -3.63. The van der Waals surface area contributed by atoms with Crippen LogP contribution in [-0.2, 0) is 10.0 Å². The van der Waals surface area contributed by atoms with Crippen molar-refractivity contribution in [1.82, 2.24) is 25.1 Å². The molecule has 10 heteroatoms. The highest BCUT2D eigenvalue weighted by atomic mass is 32.2. The van der Waals surface area contributed by atoms with Crippen molar-refractivity contribution in [2.24, 2.45) is 0 Å². The molecule has 2 aromatic heterocycles. The molecule has 1 aliphatic rings. The zero-order valence-electron chi connectivity index (χ0n) is 12.2. The Hall–Kier alpha value is -1.75. The van der Waals surface area contributed by atoms with E-state index in [-0.39, 0.29) is 17.0 Å². The van der Waals surface area contributed by atoms with E-state index in [9.17, 15) is 8.42 Å². The lowest BCUT2D eigenvalue weighted by atomic mass is 10.2.